The molecule has 0 bridgehead atoms. The van der Waals surface area contributed by atoms with Crippen LogP contribution < -0.4 is 4.90 Å². The van der Waals surface area contributed by atoms with Gasteiger partial charge < -0.3 is 4.90 Å². The van der Waals surface area contributed by atoms with E-state index in [1.165, 1.54) is 0 Å². The van der Waals surface area contributed by atoms with Gasteiger partial charge in [0.1, 0.15) is 0 Å². The van der Waals surface area contributed by atoms with Crippen LogP contribution in [0.15, 0.2) is 48.7 Å². The zero-order chi connectivity index (χ0) is 15.9. The Balaban J connectivity index is 2.20. The van der Waals surface area contributed by atoms with Crippen molar-refractivity contribution in [2.75, 3.05) is 19.0 Å². The fraction of sp³-hybridized carbons (Fsp3) is 0.118. The average molecular weight is 333 g/mol. The summed E-state index contributed by atoms with van der Waals surface area (Å²) in [6.07, 6.45) is 1.81. The SMILES string of the molecule is CN(C)C=C1C(=O)N(c2cccc(Cl)c2)c2ccc(Cl)cc21. The standard InChI is InChI=1S/C17H14Cl2N2O/c1-20(2)10-15-14-9-12(19)6-7-16(14)21(17(15)22)13-5-3-4-11(18)8-13/h3-10H,1-2H3. The van der Waals surface area contributed by atoms with Crippen LogP contribution in [0.1, 0.15) is 5.56 Å². The van der Waals surface area contributed by atoms with Gasteiger partial charge in [-0.15, -0.1) is 0 Å². The largest absolute Gasteiger partial charge is 0.383 e. The Morgan fingerprint density at radius 1 is 1.05 bits per heavy atom. The number of nitrogens with zero attached hydrogens (tertiary/aromatic N) is 2. The lowest BCUT2D eigenvalue weighted by molar-refractivity contribution is -0.112. The Labute approximate surface area is 139 Å². The van der Waals surface area contributed by atoms with Crippen molar-refractivity contribution in [1.82, 2.24) is 4.90 Å². The molecule has 1 amide bonds. The second-order valence-electron chi connectivity index (χ2n) is 5.29. The van der Waals surface area contributed by atoms with Gasteiger partial charge in [-0.25, -0.2) is 0 Å². The molecule has 1 heterocycles. The number of anilines is 2. The smallest absolute Gasteiger partial charge is 0.265 e. The number of hydrogen-bond acceptors (Lipinski definition) is 2. The summed E-state index contributed by atoms with van der Waals surface area (Å²) in [6, 6.07) is 12.7. The van der Waals surface area contributed by atoms with Gasteiger partial charge in [0.05, 0.1) is 16.9 Å². The highest BCUT2D eigenvalue weighted by molar-refractivity contribution is 6.37. The van der Waals surface area contributed by atoms with E-state index in [1.54, 1.807) is 23.1 Å². The summed E-state index contributed by atoms with van der Waals surface area (Å²) in [4.78, 5) is 16.4. The van der Waals surface area contributed by atoms with Crippen LogP contribution in [0.25, 0.3) is 5.57 Å². The highest BCUT2D eigenvalue weighted by Gasteiger charge is 2.33. The van der Waals surface area contributed by atoms with Crippen molar-refractivity contribution >= 4 is 46.1 Å². The first-order valence-corrected chi connectivity index (χ1v) is 7.51. The number of hydrogen-bond donors (Lipinski definition) is 0. The van der Waals surface area contributed by atoms with Crippen molar-refractivity contribution in [2.24, 2.45) is 0 Å². The first kappa shape index (κ1) is 14.9. The van der Waals surface area contributed by atoms with Crippen molar-refractivity contribution in [1.29, 1.82) is 0 Å². The normalized spacial score (nSPS) is 15.4. The molecule has 112 valence electrons. The summed E-state index contributed by atoms with van der Waals surface area (Å²) in [6.45, 7) is 0. The van der Waals surface area contributed by atoms with Gasteiger partial charge in [0.25, 0.3) is 5.91 Å². The first-order chi connectivity index (χ1) is 10.5. The van der Waals surface area contributed by atoms with Crippen LogP contribution in [0.3, 0.4) is 0 Å². The van der Waals surface area contributed by atoms with Gasteiger partial charge in [-0.2, -0.15) is 0 Å². The van der Waals surface area contributed by atoms with E-state index in [1.807, 2.05) is 49.5 Å². The minimum Gasteiger partial charge on any atom is -0.383 e. The number of carbonyl (C=O) groups is 1. The predicted molar refractivity (Wildman–Crippen MR) is 91.7 cm³/mol. The maximum Gasteiger partial charge on any atom is 0.265 e. The predicted octanol–water partition coefficient (Wildman–Crippen LogP) is 4.57. The third kappa shape index (κ3) is 2.58. The zero-order valence-electron chi connectivity index (χ0n) is 12.2. The van der Waals surface area contributed by atoms with E-state index >= 15 is 0 Å². The molecule has 3 rings (SSSR count). The third-order valence-corrected chi connectivity index (χ3v) is 3.85. The molecule has 0 atom stereocenters. The number of fused-ring (bicyclic) bond motifs is 1. The molecule has 0 saturated carbocycles. The number of carbonyl (C=O) groups excluding carboxylic acids is 1. The van der Waals surface area contributed by atoms with Gasteiger partial charge in [-0.3, -0.25) is 9.69 Å². The summed E-state index contributed by atoms with van der Waals surface area (Å²) >= 11 is 12.2. The second kappa shape index (κ2) is 5.67. The highest BCUT2D eigenvalue weighted by Crippen LogP contribution is 2.43. The monoisotopic (exact) mass is 332 g/mol. The van der Waals surface area contributed by atoms with Gasteiger partial charge >= 0.3 is 0 Å². The molecule has 0 aliphatic carbocycles. The molecule has 3 nitrogen and oxygen atoms in total. The fourth-order valence-corrected chi connectivity index (χ4v) is 2.88. The van der Waals surface area contributed by atoms with Crippen LogP contribution in [0.5, 0.6) is 0 Å². The van der Waals surface area contributed by atoms with Crippen LogP contribution in [0, 0.1) is 0 Å². The quantitative estimate of drug-likeness (QED) is 0.752. The summed E-state index contributed by atoms with van der Waals surface area (Å²) in [5.41, 5.74) is 2.99. The van der Waals surface area contributed by atoms with Gasteiger partial charge in [-0.05, 0) is 36.4 Å². The topological polar surface area (TPSA) is 23.6 Å². The van der Waals surface area contributed by atoms with E-state index in [-0.39, 0.29) is 5.91 Å². The molecule has 2 aromatic rings. The number of halogens is 2. The Morgan fingerprint density at radius 2 is 1.77 bits per heavy atom. The second-order valence-corrected chi connectivity index (χ2v) is 6.16. The minimum absolute atomic E-state index is 0.0896. The van der Waals surface area contributed by atoms with E-state index < -0.39 is 0 Å². The molecular formula is C17H14Cl2N2O. The number of rotatable bonds is 2. The molecule has 5 heteroatoms. The lowest BCUT2D eigenvalue weighted by atomic mass is 10.1. The van der Waals surface area contributed by atoms with Crippen LogP contribution in [-0.2, 0) is 4.79 Å². The fourth-order valence-electron chi connectivity index (χ4n) is 2.52. The lowest BCUT2D eigenvalue weighted by Gasteiger charge is -2.17. The van der Waals surface area contributed by atoms with Gasteiger partial charge in [0, 0.05) is 35.9 Å². The van der Waals surface area contributed by atoms with Crippen LogP contribution in [0.4, 0.5) is 11.4 Å². The molecule has 0 unspecified atom stereocenters. The van der Waals surface area contributed by atoms with Crippen LogP contribution >= 0.6 is 23.2 Å². The maximum atomic E-state index is 12.9. The molecule has 1 aliphatic rings. The lowest BCUT2D eigenvalue weighted by Crippen LogP contribution is -2.21. The first-order valence-electron chi connectivity index (χ1n) is 6.75. The van der Waals surface area contributed by atoms with E-state index in [0.29, 0.717) is 15.6 Å². The summed E-state index contributed by atoms with van der Waals surface area (Å²) in [5.74, 6) is -0.0896. The van der Waals surface area contributed by atoms with Gasteiger partial charge in [-0.1, -0.05) is 29.3 Å². The van der Waals surface area contributed by atoms with E-state index in [4.69, 9.17) is 23.2 Å². The zero-order valence-corrected chi connectivity index (χ0v) is 13.7. The third-order valence-electron chi connectivity index (χ3n) is 3.38. The highest BCUT2D eigenvalue weighted by atomic mass is 35.5. The summed E-state index contributed by atoms with van der Waals surface area (Å²) in [5, 5.41) is 1.19. The summed E-state index contributed by atoms with van der Waals surface area (Å²) < 4.78 is 0. The average Bonchev–Trinajstić information content (AvgIpc) is 2.71. The van der Waals surface area contributed by atoms with Gasteiger partial charge in [0.15, 0.2) is 0 Å². The minimum atomic E-state index is -0.0896. The number of amides is 1. The molecule has 0 fully saturated rings. The molecule has 2 aromatic carbocycles. The molecule has 22 heavy (non-hydrogen) atoms. The Hall–Kier alpha value is -1.97. The van der Waals surface area contributed by atoms with Gasteiger partial charge in [0.2, 0.25) is 0 Å². The van der Waals surface area contributed by atoms with Crippen molar-refractivity contribution in [3.8, 4) is 0 Å². The van der Waals surface area contributed by atoms with Crippen molar-refractivity contribution in [3.05, 3.63) is 64.3 Å². The van der Waals surface area contributed by atoms with E-state index in [0.717, 1.165) is 16.9 Å². The number of benzene rings is 2. The van der Waals surface area contributed by atoms with Crippen LogP contribution in [-0.4, -0.2) is 24.9 Å². The van der Waals surface area contributed by atoms with Crippen molar-refractivity contribution < 1.29 is 4.79 Å². The molecular weight excluding hydrogens is 319 g/mol. The molecule has 0 N–H and O–H groups in total. The molecule has 0 spiro atoms. The molecule has 0 radical (unpaired) electrons. The van der Waals surface area contributed by atoms with E-state index in [9.17, 15) is 4.79 Å². The van der Waals surface area contributed by atoms with Crippen molar-refractivity contribution in [2.45, 2.75) is 0 Å². The van der Waals surface area contributed by atoms with E-state index in [2.05, 4.69) is 0 Å². The Kier molecular flexibility index (Phi) is 3.85. The van der Waals surface area contributed by atoms with Crippen molar-refractivity contribution in [3.63, 3.8) is 0 Å². The molecule has 1 aliphatic heterocycles. The Morgan fingerprint density at radius 3 is 2.45 bits per heavy atom. The molecule has 0 aromatic heterocycles. The summed E-state index contributed by atoms with van der Waals surface area (Å²) in [7, 11) is 3.76. The maximum absolute atomic E-state index is 12.9. The molecule has 0 saturated heterocycles. The Bertz CT molecular complexity index is 784. The van der Waals surface area contributed by atoms with Crippen LogP contribution in [0.2, 0.25) is 10.0 Å².